The lowest BCUT2D eigenvalue weighted by molar-refractivity contribution is 0.0627. The van der Waals surface area contributed by atoms with Crippen molar-refractivity contribution in [1.29, 1.82) is 0 Å². The first-order valence-electron chi connectivity index (χ1n) is 7.80. The largest absolute Gasteiger partial charge is 0.396 e. The number of nitrogens with one attached hydrogen (secondary N) is 1. The van der Waals surface area contributed by atoms with Gasteiger partial charge in [0, 0.05) is 40.3 Å². The van der Waals surface area contributed by atoms with E-state index in [2.05, 4.69) is 4.98 Å². The number of likely N-dealkylation sites (tertiary alicyclic amines) is 1. The molecule has 4 rings (SSSR count). The highest BCUT2D eigenvalue weighted by Crippen LogP contribution is 2.41. The zero-order chi connectivity index (χ0) is 16.2. The van der Waals surface area contributed by atoms with Crippen LogP contribution in [0.2, 0.25) is 5.02 Å². The van der Waals surface area contributed by atoms with Crippen molar-refractivity contribution in [2.45, 2.75) is 6.92 Å². The number of fused-ring (bicyclic) bond motifs is 2. The van der Waals surface area contributed by atoms with Gasteiger partial charge in [-0.1, -0.05) is 11.6 Å². The Labute approximate surface area is 139 Å². The molecule has 1 aromatic carbocycles. The number of carbonyl (C=O) groups excluding carboxylic acids is 1. The molecule has 0 saturated carbocycles. The Morgan fingerprint density at radius 1 is 1.57 bits per heavy atom. The highest BCUT2D eigenvalue weighted by atomic mass is 35.5. The van der Waals surface area contributed by atoms with Gasteiger partial charge in [-0.05, 0) is 30.7 Å². The Morgan fingerprint density at radius 3 is 3.13 bits per heavy atom. The molecule has 6 heteroatoms. The van der Waals surface area contributed by atoms with Crippen molar-refractivity contribution in [3.8, 4) is 0 Å². The number of H-pyrrole nitrogens is 1. The number of hydrogen-bond acceptors (Lipinski definition) is 3. The van der Waals surface area contributed by atoms with Crippen molar-refractivity contribution < 1.29 is 14.6 Å². The third-order valence-electron chi connectivity index (χ3n) is 5.36. The van der Waals surface area contributed by atoms with E-state index in [0.29, 0.717) is 37.0 Å². The highest BCUT2D eigenvalue weighted by Gasteiger charge is 2.51. The number of nitrogens with zero attached hydrogens (tertiary/aromatic N) is 1. The lowest BCUT2D eigenvalue weighted by Gasteiger charge is -2.24. The molecule has 1 aromatic heterocycles. The average Bonchev–Trinajstić information content (AvgIpc) is 3.18. The SMILES string of the molecule is Cc1c(C(=O)N2C[C@H]3COC[C@@]3(CO)C2)[nH]c2ccc(Cl)cc12. The molecule has 0 spiro atoms. The van der Waals surface area contributed by atoms with Gasteiger partial charge in [0.05, 0.1) is 19.8 Å². The number of halogens is 1. The fourth-order valence-electron chi connectivity index (χ4n) is 3.88. The summed E-state index contributed by atoms with van der Waals surface area (Å²) in [5.41, 5.74) is 2.14. The number of rotatable bonds is 2. The van der Waals surface area contributed by atoms with Crippen LogP contribution in [0.4, 0.5) is 0 Å². The molecule has 2 aromatic rings. The van der Waals surface area contributed by atoms with Crippen LogP contribution in [0.25, 0.3) is 10.9 Å². The van der Waals surface area contributed by atoms with Gasteiger partial charge in [0.2, 0.25) is 0 Å². The number of hydrogen-bond donors (Lipinski definition) is 2. The Hall–Kier alpha value is -1.56. The number of aliphatic hydroxyl groups is 1. The molecular weight excluding hydrogens is 316 g/mol. The van der Waals surface area contributed by atoms with Crippen LogP contribution in [-0.4, -0.2) is 53.8 Å². The molecule has 0 bridgehead atoms. The molecule has 0 aliphatic carbocycles. The summed E-state index contributed by atoms with van der Waals surface area (Å²) >= 11 is 6.06. The van der Waals surface area contributed by atoms with Gasteiger partial charge in [0.25, 0.3) is 5.91 Å². The van der Waals surface area contributed by atoms with Crippen molar-refractivity contribution in [1.82, 2.24) is 9.88 Å². The maximum Gasteiger partial charge on any atom is 0.270 e. The molecule has 2 aliphatic rings. The normalized spacial score (nSPS) is 26.9. The first-order chi connectivity index (χ1) is 11.0. The summed E-state index contributed by atoms with van der Waals surface area (Å²) in [5.74, 6) is 0.202. The number of aliphatic hydroxyl groups excluding tert-OH is 1. The van der Waals surface area contributed by atoms with Crippen LogP contribution >= 0.6 is 11.6 Å². The van der Waals surface area contributed by atoms with E-state index in [9.17, 15) is 9.90 Å². The van der Waals surface area contributed by atoms with Gasteiger partial charge in [0.1, 0.15) is 5.69 Å². The highest BCUT2D eigenvalue weighted by molar-refractivity contribution is 6.31. The van der Waals surface area contributed by atoms with Crippen LogP contribution in [0.15, 0.2) is 18.2 Å². The van der Waals surface area contributed by atoms with E-state index in [1.54, 1.807) is 0 Å². The van der Waals surface area contributed by atoms with Gasteiger partial charge in [-0.2, -0.15) is 0 Å². The molecule has 2 atom stereocenters. The predicted octanol–water partition coefficient (Wildman–Crippen LogP) is 2.21. The number of aromatic nitrogens is 1. The van der Waals surface area contributed by atoms with Gasteiger partial charge in [-0.25, -0.2) is 0 Å². The van der Waals surface area contributed by atoms with Crippen LogP contribution in [0.3, 0.4) is 0 Å². The summed E-state index contributed by atoms with van der Waals surface area (Å²) in [4.78, 5) is 18.0. The zero-order valence-corrected chi connectivity index (χ0v) is 13.7. The summed E-state index contributed by atoms with van der Waals surface area (Å²) in [6.07, 6.45) is 0. The lowest BCUT2D eigenvalue weighted by Crippen LogP contribution is -2.36. The fourth-order valence-corrected chi connectivity index (χ4v) is 4.05. The molecule has 122 valence electrons. The van der Waals surface area contributed by atoms with E-state index in [-0.39, 0.29) is 23.8 Å². The van der Waals surface area contributed by atoms with Crippen LogP contribution < -0.4 is 0 Å². The second-order valence-corrected chi connectivity index (χ2v) is 7.17. The minimum atomic E-state index is -0.293. The van der Waals surface area contributed by atoms with Crippen molar-refractivity contribution in [2.24, 2.45) is 11.3 Å². The summed E-state index contributed by atoms with van der Waals surface area (Å²) < 4.78 is 5.50. The van der Waals surface area contributed by atoms with Crippen LogP contribution in [-0.2, 0) is 4.74 Å². The van der Waals surface area contributed by atoms with Crippen LogP contribution in [0.5, 0.6) is 0 Å². The Kier molecular flexibility index (Phi) is 3.41. The number of aromatic amines is 1. The topological polar surface area (TPSA) is 65.6 Å². The smallest absolute Gasteiger partial charge is 0.270 e. The molecule has 2 fully saturated rings. The van der Waals surface area contributed by atoms with E-state index in [1.165, 1.54) is 0 Å². The second kappa shape index (κ2) is 5.23. The quantitative estimate of drug-likeness (QED) is 0.885. The Balaban J connectivity index is 1.67. The summed E-state index contributed by atoms with van der Waals surface area (Å²) in [7, 11) is 0. The minimum Gasteiger partial charge on any atom is -0.396 e. The van der Waals surface area contributed by atoms with Gasteiger partial charge < -0.3 is 19.7 Å². The van der Waals surface area contributed by atoms with Crippen molar-refractivity contribution in [2.75, 3.05) is 32.9 Å². The number of amides is 1. The molecule has 0 radical (unpaired) electrons. The predicted molar refractivity (Wildman–Crippen MR) is 87.8 cm³/mol. The van der Waals surface area contributed by atoms with Crippen LogP contribution in [0, 0.1) is 18.3 Å². The minimum absolute atomic E-state index is 0.0166. The van der Waals surface area contributed by atoms with E-state index >= 15 is 0 Å². The number of benzene rings is 1. The molecule has 23 heavy (non-hydrogen) atoms. The maximum atomic E-state index is 13.0. The van der Waals surface area contributed by atoms with Gasteiger partial charge >= 0.3 is 0 Å². The van der Waals surface area contributed by atoms with Gasteiger partial charge in [-0.15, -0.1) is 0 Å². The van der Waals surface area contributed by atoms with Crippen molar-refractivity contribution in [3.05, 3.63) is 34.5 Å². The number of ether oxygens (including phenoxy) is 1. The zero-order valence-electron chi connectivity index (χ0n) is 12.9. The van der Waals surface area contributed by atoms with Gasteiger partial charge in [0.15, 0.2) is 0 Å². The first kappa shape index (κ1) is 15.0. The molecule has 5 nitrogen and oxygen atoms in total. The molecule has 2 N–H and O–H groups in total. The lowest BCUT2D eigenvalue weighted by atomic mass is 9.82. The molecular formula is C17H19ClN2O3. The van der Waals surface area contributed by atoms with Crippen molar-refractivity contribution >= 4 is 28.4 Å². The van der Waals surface area contributed by atoms with E-state index in [4.69, 9.17) is 16.3 Å². The fraction of sp³-hybridized carbons (Fsp3) is 0.471. The van der Waals surface area contributed by atoms with Crippen molar-refractivity contribution in [3.63, 3.8) is 0 Å². The number of aryl methyl sites for hydroxylation is 1. The van der Waals surface area contributed by atoms with E-state index < -0.39 is 0 Å². The van der Waals surface area contributed by atoms with Gasteiger partial charge in [-0.3, -0.25) is 4.79 Å². The third-order valence-corrected chi connectivity index (χ3v) is 5.59. The molecule has 3 heterocycles. The maximum absolute atomic E-state index is 13.0. The molecule has 0 unspecified atom stereocenters. The molecule has 2 aliphatic heterocycles. The number of carbonyl (C=O) groups is 1. The van der Waals surface area contributed by atoms with E-state index in [0.717, 1.165) is 16.5 Å². The second-order valence-electron chi connectivity index (χ2n) is 6.73. The standard InChI is InChI=1S/C17H19ClN2O3/c1-10-13-4-12(18)2-3-14(13)19-15(10)16(22)20-5-11-6-23-9-17(11,7-20)8-21/h2-4,11,19,21H,5-9H2,1H3/t11-,17-/m0/s1. The summed E-state index contributed by atoms with van der Waals surface area (Å²) in [6, 6.07) is 5.58. The summed E-state index contributed by atoms with van der Waals surface area (Å²) in [5, 5.41) is 11.4. The third kappa shape index (κ3) is 2.18. The molecule has 2 saturated heterocycles. The molecule has 1 amide bonds. The first-order valence-corrected chi connectivity index (χ1v) is 8.17. The monoisotopic (exact) mass is 334 g/mol. The van der Waals surface area contributed by atoms with E-state index in [1.807, 2.05) is 30.0 Å². The Bertz CT molecular complexity index is 787. The summed E-state index contributed by atoms with van der Waals surface area (Å²) in [6.45, 7) is 4.31. The average molecular weight is 335 g/mol. The van der Waals surface area contributed by atoms with Crippen LogP contribution in [0.1, 0.15) is 16.1 Å². The Morgan fingerprint density at radius 2 is 2.39 bits per heavy atom.